The Morgan fingerprint density at radius 1 is 1.37 bits per heavy atom. The van der Waals surface area contributed by atoms with Gasteiger partial charge in [0.2, 0.25) is 0 Å². The number of nitrogens with one attached hydrogen (secondary N) is 1. The number of carbonyl (C=O) groups excluding carboxylic acids is 1. The third-order valence-corrected chi connectivity index (χ3v) is 3.35. The van der Waals surface area contributed by atoms with Gasteiger partial charge < -0.3 is 15.3 Å². The first-order chi connectivity index (χ1) is 9.06. The van der Waals surface area contributed by atoms with E-state index >= 15 is 0 Å². The Hall–Kier alpha value is -2.04. The third-order valence-electron chi connectivity index (χ3n) is 3.35. The minimum atomic E-state index is -0.803. The summed E-state index contributed by atoms with van der Waals surface area (Å²) in [5.41, 5.74) is 1.05. The molecule has 1 aliphatic rings. The normalized spacial score (nSPS) is 16.6. The maximum atomic E-state index is 11.9. The first kappa shape index (κ1) is 13.4. The van der Waals surface area contributed by atoms with Gasteiger partial charge in [0.25, 0.3) is 0 Å². The van der Waals surface area contributed by atoms with Crippen LogP contribution in [0.15, 0.2) is 30.3 Å². The molecular weight excluding hydrogens is 244 g/mol. The summed E-state index contributed by atoms with van der Waals surface area (Å²) < 4.78 is 0. The molecule has 19 heavy (non-hydrogen) atoms. The van der Waals surface area contributed by atoms with Gasteiger partial charge in [0, 0.05) is 19.0 Å². The molecule has 0 radical (unpaired) electrons. The molecule has 0 saturated carbocycles. The summed E-state index contributed by atoms with van der Waals surface area (Å²) in [6, 6.07) is 9.56. The lowest BCUT2D eigenvalue weighted by Crippen LogP contribution is -2.54. The number of aliphatic carboxylic acids is 1. The number of rotatable bonds is 4. The van der Waals surface area contributed by atoms with E-state index in [0.29, 0.717) is 13.1 Å². The zero-order valence-electron chi connectivity index (χ0n) is 10.9. The van der Waals surface area contributed by atoms with Gasteiger partial charge in [0.15, 0.2) is 0 Å². The van der Waals surface area contributed by atoms with E-state index in [1.165, 1.54) is 0 Å². The Balaban J connectivity index is 1.78. The van der Waals surface area contributed by atoms with Crippen molar-refractivity contribution in [1.82, 2.24) is 10.2 Å². The van der Waals surface area contributed by atoms with Crippen molar-refractivity contribution in [1.29, 1.82) is 0 Å². The van der Waals surface area contributed by atoms with Crippen LogP contribution in [0.2, 0.25) is 0 Å². The molecule has 1 aromatic carbocycles. The monoisotopic (exact) mass is 262 g/mol. The molecule has 1 saturated heterocycles. The highest BCUT2D eigenvalue weighted by Gasteiger charge is 2.32. The Morgan fingerprint density at radius 3 is 2.58 bits per heavy atom. The van der Waals surface area contributed by atoms with Gasteiger partial charge in [-0.2, -0.15) is 0 Å². The van der Waals surface area contributed by atoms with E-state index in [1.54, 1.807) is 4.90 Å². The lowest BCUT2D eigenvalue weighted by atomic mass is 9.97. The number of amides is 2. The van der Waals surface area contributed by atoms with Gasteiger partial charge in [0.1, 0.15) is 0 Å². The van der Waals surface area contributed by atoms with E-state index in [-0.39, 0.29) is 24.4 Å². The van der Waals surface area contributed by atoms with Crippen molar-refractivity contribution >= 4 is 12.0 Å². The van der Waals surface area contributed by atoms with Crippen LogP contribution in [-0.2, 0) is 4.79 Å². The van der Waals surface area contributed by atoms with Gasteiger partial charge >= 0.3 is 12.0 Å². The van der Waals surface area contributed by atoms with Gasteiger partial charge in [-0.15, -0.1) is 0 Å². The molecular formula is C14H18N2O3. The van der Waals surface area contributed by atoms with E-state index in [1.807, 2.05) is 37.3 Å². The second-order valence-corrected chi connectivity index (χ2v) is 4.95. The lowest BCUT2D eigenvalue weighted by molar-refractivity contribution is -0.139. The minimum Gasteiger partial charge on any atom is -0.481 e. The third kappa shape index (κ3) is 3.47. The van der Waals surface area contributed by atoms with Crippen molar-refractivity contribution in [3.63, 3.8) is 0 Å². The number of nitrogens with zero attached hydrogens (tertiary/aromatic N) is 1. The number of carbonyl (C=O) groups is 2. The molecule has 0 bridgehead atoms. The van der Waals surface area contributed by atoms with Crippen LogP contribution in [0.4, 0.5) is 4.79 Å². The van der Waals surface area contributed by atoms with Crippen LogP contribution >= 0.6 is 0 Å². The number of carboxylic acid groups (broad SMARTS) is 1. The predicted octanol–water partition coefficient (Wildman–Crippen LogP) is 1.86. The van der Waals surface area contributed by atoms with Crippen molar-refractivity contribution in [2.45, 2.75) is 19.4 Å². The Morgan fingerprint density at radius 2 is 2.00 bits per heavy atom. The summed E-state index contributed by atoms with van der Waals surface area (Å²) in [7, 11) is 0. The van der Waals surface area contributed by atoms with Crippen molar-refractivity contribution in [2.24, 2.45) is 5.92 Å². The Labute approximate surface area is 112 Å². The fraction of sp³-hybridized carbons (Fsp3) is 0.429. The lowest BCUT2D eigenvalue weighted by Gasteiger charge is -2.39. The summed E-state index contributed by atoms with van der Waals surface area (Å²) in [4.78, 5) is 24.1. The molecule has 1 unspecified atom stereocenters. The molecule has 2 amide bonds. The minimum absolute atomic E-state index is 0.0489. The molecule has 1 fully saturated rings. The molecule has 1 aliphatic heterocycles. The molecule has 0 aliphatic carbocycles. The van der Waals surface area contributed by atoms with Gasteiger partial charge in [0.05, 0.1) is 12.5 Å². The van der Waals surface area contributed by atoms with Gasteiger partial charge in [-0.1, -0.05) is 30.3 Å². The number of carboxylic acids is 1. The summed E-state index contributed by atoms with van der Waals surface area (Å²) in [6.07, 6.45) is 0.137. The number of hydrogen-bond acceptors (Lipinski definition) is 2. The topological polar surface area (TPSA) is 69.6 Å². The highest BCUT2D eigenvalue weighted by molar-refractivity contribution is 5.76. The maximum Gasteiger partial charge on any atom is 0.317 e. The summed E-state index contributed by atoms with van der Waals surface area (Å²) in [6.45, 7) is 2.99. The predicted molar refractivity (Wildman–Crippen MR) is 70.7 cm³/mol. The van der Waals surface area contributed by atoms with E-state index in [9.17, 15) is 9.59 Å². The summed E-state index contributed by atoms with van der Waals surface area (Å²) in [5, 5.41) is 11.6. The van der Waals surface area contributed by atoms with Crippen molar-refractivity contribution < 1.29 is 14.7 Å². The van der Waals surface area contributed by atoms with E-state index in [0.717, 1.165) is 5.56 Å². The molecule has 1 aromatic rings. The van der Waals surface area contributed by atoms with Crippen molar-refractivity contribution in [3.05, 3.63) is 35.9 Å². The summed E-state index contributed by atoms with van der Waals surface area (Å²) >= 11 is 0. The molecule has 1 heterocycles. The van der Waals surface area contributed by atoms with Gasteiger partial charge in [-0.25, -0.2) is 4.79 Å². The quantitative estimate of drug-likeness (QED) is 0.870. The van der Waals surface area contributed by atoms with Crippen LogP contribution in [0.25, 0.3) is 0 Å². The van der Waals surface area contributed by atoms with E-state index in [4.69, 9.17) is 5.11 Å². The number of urea groups is 1. The van der Waals surface area contributed by atoms with Crippen LogP contribution in [0.3, 0.4) is 0 Å². The molecule has 102 valence electrons. The standard InChI is InChI=1S/C14H18N2O3/c1-10(12-5-3-2-4-6-12)15-14(19)16-8-11(9-16)7-13(17)18/h2-6,10-11H,7-9H2,1H3,(H,15,19)(H,17,18). The molecule has 2 rings (SSSR count). The highest BCUT2D eigenvalue weighted by Crippen LogP contribution is 2.20. The molecule has 5 heteroatoms. The van der Waals surface area contributed by atoms with Gasteiger partial charge in [-0.3, -0.25) is 4.79 Å². The smallest absolute Gasteiger partial charge is 0.317 e. The van der Waals surface area contributed by atoms with Crippen molar-refractivity contribution in [2.75, 3.05) is 13.1 Å². The average Bonchev–Trinajstić information content (AvgIpc) is 2.33. The fourth-order valence-corrected chi connectivity index (χ4v) is 2.21. The first-order valence-corrected chi connectivity index (χ1v) is 6.38. The molecule has 0 aromatic heterocycles. The van der Waals surface area contributed by atoms with Crippen LogP contribution in [0.5, 0.6) is 0 Å². The average molecular weight is 262 g/mol. The van der Waals surface area contributed by atoms with E-state index < -0.39 is 5.97 Å². The van der Waals surface area contributed by atoms with Gasteiger partial charge in [-0.05, 0) is 12.5 Å². The summed E-state index contributed by atoms with van der Waals surface area (Å²) in [5.74, 6) is -0.710. The zero-order chi connectivity index (χ0) is 13.8. The largest absolute Gasteiger partial charge is 0.481 e. The first-order valence-electron chi connectivity index (χ1n) is 6.38. The highest BCUT2D eigenvalue weighted by atomic mass is 16.4. The molecule has 0 spiro atoms. The number of hydrogen-bond donors (Lipinski definition) is 2. The molecule has 5 nitrogen and oxygen atoms in total. The van der Waals surface area contributed by atoms with Crippen molar-refractivity contribution in [3.8, 4) is 0 Å². The second-order valence-electron chi connectivity index (χ2n) is 4.95. The Kier molecular flexibility index (Phi) is 4.04. The zero-order valence-corrected chi connectivity index (χ0v) is 10.9. The fourth-order valence-electron chi connectivity index (χ4n) is 2.21. The van der Waals surface area contributed by atoms with Crippen LogP contribution < -0.4 is 5.32 Å². The molecule has 2 N–H and O–H groups in total. The van der Waals surface area contributed by atoms with E-state index in [2.05, 4.69) is 5.32 Å². The maximum absolute atomic E-state index is 11.9. The molecule has 1 atom stereocenters. The SMILES string of the molecule is CC(NC(=O)N1CC(CC(=O)O)C1)c1ccccc1. The van der Waals surface area contributed by atoms with Crippen LogP contribution in [0, 0.1) is 5.92 Å². The second kappa shape index (κ2) is 5.73. The Bertz CT molecular complexity index is 455. The van der Waals surface area contributed by atoms with Crippen LogP contribution in [0.1, 0.15) is 24.9 Å². The van der Waals surface area contributed by atoms with Crippen LogP contribution in [-0.4, -0.2) is 35.1 Å². The number of likely N-dealkylation sites (tertiary alicyclic amines) is 1. The number of benzene rings is 1.